The molecule has 0 bridgehead atoms. The lowest BCUT2D eigenvalue weighted by Crippen LogP contribution is -2.37. The molecule has 178 valence electrons. The molecule has 3 heteroatoms. The van der Waals surface area contributed by atoms with Crippen LogP contribution in [0.2, 0.25) is 0 Å². The Bertz CT molecular complexity index is 743. The molecule has 0 atom stereocenters. The summed E-state index contributed by atoms with van der Waals surface area (Å²) in [5.74, 6) is -0.0627. The first kappa shape index (κ1) is 26.4. The van der Waals surface area contributed by atoms with Crippen molar-refractivity contribution in [1.82, 2.24) is 10.9 Å². The zero-order valence-corrected chi connectivity index (χ0v) is 20.5. The minimum absolute atomic E-state index is 0.0627. The Kier molecular flexibility index (Phi) is 14.6. The number of rotatable bonds is 19. The molecule has 2 N–H and O–H groups in total. The second-order valence-corrected chi connectivity index (χ2v) is 9.25. The number of nitrogens with one attached hydrogen (secondary N) is 2. The van der Waals surface area contributed by atoms with Crippen LogP contribution >= 0.6 is 0 Å². The van der Waals surface area contributed by atoms with Crippen LogP contribution in [0.15, 0.2) is 42.5 Å². The van der Waals surface area contributed by atoms with E-state index in [2.05, 4.69) is 23.8 Å². The van der Waals surface area contributed by atoms with E-state index in [0.29, 0.717) is 5.56 Å². The third-order valence-electron chi connectivity index (χ3n) is 6.37. The van der Waals surface area contributed by atoms with Gasteiger partial charge in [-0.3, -0.25) is 10.2 Å². The fourth-order valence-electron chi connectivity index (χ4n) is 4.31. The van der Waals surface area contributed by atoms with Crippen LogP contribution in [-0.4, -0.2) is 12.5 Å². The van der Waals surface area contributed by atoms with E-state index in [1.165, 1.54) is 96.3 Å². The van der Waals surface area contributed by atoms with Crippen molar-refractivity contribution < 1.29 is 4.79 Å². The fraction of sp³-hybridized carbons (Fsp3) is 0.621. The van der Waals surface area contributed by atoms with Crippen LogP contribution < -0.4 is 10.9 Å². The smallest absolute Gasteiger partial charge is 0.265 e. The molecule has 2 aromatic carbocycles. The Morgan fingerprint density at radius 1 is 0.625 bits per heavy atom. The molecule has 32 heavy (non-hydrogen) atoms. The molecule has 0 spiro atoms. The van der Waals surface area contributed by atoms with Gasteiger partial charge in [-0.25, -0.2) is 5.43 Å². The molecule has 0 radical (unpaired) electrons. The highest BCUT2D eigenvalue weighted by Gasteiger charge is 2.05. The van der Waals surface area contributed by atoms with Crippen molar-refractivity contribution in [3.63, 3.8) is 0 Å². The molecule has 0 fully saturated rings. The fourth-order valence-corrected chi connectivity index (χ4v) is 4.31. The second-order valence-electron chi connectivity index (χ2n) is 9.25. The highest BCUT2D eigenvalue weighted by molar-refractivity contribution is 5.98. The van der Waals surface area contributed by atoms with Crippen LogP contribution in [-0.2, 0) is 0 Å². The van der Waals surface area contributed by atoms with Crippen molar-refractivity contribution in [2.75, 3.05) is 6.54 Å². The van der Waals surface area contributed by atoms with Crippen LogP contribution in [0.5, 0.6) is 0 Å². The third kappa shape index (κ3) is 11.7. The number of hydrogen-bond donors (Lipinski definition) is 2. The standard InChI is InChI=1S/C29H46N2O/c1-2-3-4-5-6-7-8-9-10-11-12-13-14-15-16-19-24-30-31-29(32)28-23-22-26-20-17-18-21-27(26)25-28/h17-18,20-23,25,30H,2-16,19,24H2,1H3,(H,31,32). The Morgan fingerprint density at radius 3 is 1.69 bits per heavy atom. The Morgan fingerprint density at radius 2 is 1.12 bits per heavy atom. The molecular formula is C29H46N2O. The lowest BCUT2D eigenvalue weighted by Gasteiger charge is -2.08. The van der Waals surface area contributed by atoms with Gasteiger partial charge in [-0.15, -0.1) is 0 Å². The third-order valence-corrected chi connectivity index (χ3v) is 6.37. The summed E-state index contributed by atoms with van der Waals surface area (Å²) in [4.78, 5) is 12.3. The van der Waals surface area contributed by atoms with E-state index in [1.807, 2.05) is 36.4 Å². The summed E-state index contributed by atoms with van der Waals surface area (Å²) >= 11 is 0. The summed E-state index contributed by atoms with van der Waals surface area (Å²) in [5, 5.41) is 2.25. The zero-order valence-electron chi connectivity index (χ0n) is 20.5. The van der Waals surface area contributed by atoms with Crippen molar-refractivity contribution in [2.45, 2.75) is 110 Å². The normalized spacial score (nSPS) is 11.2. The number of carbonyl (C=O) groups excluding carboxylic acids is 1. The van der Waals surface area contributed by atoms with Crippen molar-refractivity contribution in [3.05, 3.63) is 48.0 Å². The number of benzene rings is 2. The van der Waals surface area contributed by atoms with Gasteiger partial charge in [-0.2, -0.15) is 0 Å². The van der Waals surface area contributed by atoms with Gasteiger partial charge in [0, 0.05) is 12.1 Å². The summed E-state index contributed by atoms with van der Waals surface area (Å²) in [6.45, 7) is 3.12. The number of hydrazine groups is 1. The number of carbonyl (C=O) groups is 1. The molecule has 0 aliphatic carbocycles. The second kappa shape index (κ2) is 17.7. The first-order valence-electron chi connectivity index (χ1n) is 13.3. The minimum atomic E-state index is -0.0627. The van der Waals surface area contributed by atoms with Gasteiger partial charge in [0.1, 0.15) is 0 Å². The van der Waals surface area contributed by atoms with Gasteiger partial charge >= 0.3 is 0 Å². The SMILES string of the molecule is CCCCCCCCCCCCCCCCCCNNC(=O)c1ccc2ccccc2c1. The van der Waals surface area contributed by atoms with Gasteiger partial charge in [0.05, 0.1) is 0 Å². The molecular weight excluding hydrogens is 392 g/mol. The summed E-state index contributed by atoms with van der Waals surface area (Å²) in [7, 11) is 0. The molecule has 0 saturated carbocycles. The number of amides is 1. The van der Waals surface area contributed by atoms with Gasteiger partial charge < -0.3 is 0 Å². The van der Waals surface area contributed by atoms with Gasteiger partial charge in [-0.05, 0) is 29.3 Å². The van der Waals surface area contributed by atoms with Crippen LogP contribution in [0, 0.1) is 0 Å². The van der Waals surface area contributed by atoms with Crippen LogP contribution in [0.3, 0.4) is 0 Å². The van der Waals surface area contributed by atoms with E-state index < -0.39 is 0 Å². The summed E-state index contributed by atoms with van der Waals surface area (Å²) < 4.78 is 0. The average molecular weight is 439 g/mol. The average Bonchev–Trinajstić information content (AvgIpc) is 2.82. The molecule has 2 aromatic rings. The Balaban J connectivity index is 1.35. The number of fused-ring (bicyclic) bond motifs is 1. The first-order chi connectivity index (χ1) is 15.8. The maximum Gasteiger partial charge on any atom is 0.265 e. The van der Waals surface area contributed by atoms with Crippen molar-refractivity contribution >= 4 is 16.7 Å². The monoisotopic (exact) mass is 438 g/mol. The summed E-state index contributed by atoms with van der Waals surface area (Å²) in [5.41, 5.74) is 6.61. The van der Waals surface area contributed by atoms with Gasteiger partial charge in [0.2, 0.25) is 0 Å². The van der Waals surface area contributed by atoms with Crippen LogP contribution in [0.1, 0.15) is 120 Å². The molecule has 0 aliphatic rings. The highest BCUT2D eigenvalue weighted by Crippen LogP contribution is 2.16. The van der Waals surface area contributed by atoms with Crippen molar-refractivity contribution in [3.8, 4) is 0 Å². The number of hydrogen-bond acceptors (Lipinski definition) is 2. The van der Waals surface area contributed by atoms with Crippen molar-refractivity contribution in [1.29, 1.82) is 0 Å². The quantitative estimate of drug-likeness (QED) is 0.171. The van der Waals surface area contributed by atoms with E-state index in [1.54, 1.807) is 0 Å². The molecule has 0 aromatic heterocycles. The van der Waals surface area contributed by atoms with E-state index in [4.69, 9.17) is 0 Å². The van der Waals surface area contributed by atoms with Gasteiger partial charge in [-0.1, -0.05) is 134 Å². The van der Waals surface area contributed by atoms with Crippen LogP contribution in [0.4, 0.5) is 0 Å². The maximum atomic E-state index is 12.3. The molecule has 1 amide bonds. The predicted molar refractivity (Wildman–Crippen MR) is 139 cm³/mol. The Hall–Kier alpha value is -1.87. The molecule has 0 heterocycles. The van der Waals surface area contributed by atoms with E-state index >= 15 is 0 Å². The van der Waals surface area contributed by atoms with E-state index in [9.17, 15) is 4.79 Å². The Labute approximate surface area is 196 Å². The van der Waals surface area contributed by atoms with Crippen molar-refractivity contribution in [2.24, 2.45) is 0 Å². The summed E-state index contributed by atoms with van der Waals surface area (Å²) in [6, 6.07) is 13.9. The molecule has 0 aliphatic heterocycles. The molecule has 0 unspecified atom stereocenters. The van der Waals surface area contributed by atoms with Crippen LogP contribution in [0.25, 0.3) is 10.8 Å². The first-order valence-corrected chi connectivity index (χ1v) is 13.3. The maximum absolute atomic E-state index is 12.3. The topological polar surface area (TPSA) is 41.1 Å². The molecule has 0 saturated heterocycles. The van der Waals surface area contributed by atoms with E-state index in [-0.39, 0.29) is 5.91 Å². The molecule has 2 rings (SSSR count). The lowest BCUT2D eigenvalue weighted by atomic mass is 10.0. The zero-order chi connectivity index (χ0) is 22.7. The molecule has 3 nitrogen and oxygen atoms in total. The number of unbranched alkanes of at least 4 members (excludes halogenated alkanes) is 15. The lowest BCUT2D eigenvalue weighted by molar-refractivity contribution is 0.0933. The van der Waals surface area contributed by atoms with E-state index in [0.717, 1.165) is 23.7 Å². The predicted octanol–water partition coefficient (Wildman–Crippen LogP) is 8.34. The van der Waals surface area contributed by atoms with Gasteiger partial charge in [0.15, 0.2) is 0 Å². The highest BCUT2D eigenvalue weighted by atomic mass is 16.2. The minimum Gasteiger partial charge on any atom is -0.287 e. The summed E-state index contributed by atoms with van der Waals surface area (Å²) in [6.07, 6.45) is 22.0. The largest absolute Gasteiger partial charge is 0.287 e. The van der Waals surface area contributed by atoms with Gasteiger partial charge in [0.25, 0.3) is 5.91 Å².